The van der Waals surface area contributed by atoms with Gasteiger partial charge in [0.25, 0.3) is 0 Å². The molecule has 2 N–H and O–H groups in total. The molecule has 2 aromatic carbocycles. The summed E-state index contributed by atoms with van der Waals surface area (Å²) in [5.41, 5.74) is 0.920. The third-order valence-corrected chi connectivity index (χ3v) is 4.68. The first-order valence-corrected chi connectivity index (χ1v) is 8.85. The third-order valence-electron chi connectivity index (χ3n) is 4.68. The quantitative estimate of drug-likeness (QED) is 0.638. The van der Waals surface area contributed by atoms with E-state index in [0.29, 0.717) is 29.0 Å². The maximum absolute atomic E-state index is 13.4. The fourth-order valence-corrected chi connectivity index (χ4v) is 3.29. The van der Waals surface area contributed by atoms with Gasteiger partial charge < -0.3 is 15.4 Å². The number of halogens is 3. The first-order valence-electron chi connectivity index (χ1n) is 8.85. The summed E-state index contributed by atoms with van der Waals surface area (Å²) in [7, 11) is 1.50. The summed E-state index contributed by atoms with van der Waals surface area (Å²) in [5, 5.41) is 9.21. The maximum atomic E-state index is 13.4. The van der Waals surface area contributed by atoms with Crippen molar-refractivity contribution in [3.05, 3.63) is 60.0 Å². The molecule has 0 saturated carbocycles. The standard InChI is InChI=1S/C20H15F3N4O3/c1-30-16-5-3-2-4-11(16)12-9-24-27-15(8-17(28)26-19(12)27)20(29)25-10-6-13(21)18(23)14(22)7-10/h2-7,9,15H,8H2,1H3,(H,25,29)(H,26,28). The minimum Gasteiger partial charge on any atom is -0.496 e. The van der Waals surface area contributed by atoms with Crippen molar-refractivity contribution < 1.29 is 27.5 Å². The van der Waals surface area contributed by atoms with Crippen molar-refractivity contribution in [2.75, 3.05) is 17.7 Å². The zero-order valence-electron chi connectivity index (χ0n) is 15.6. The summed E-state index contributed by atoms with van der Waals surface area (Å²) < 4.78 is 46.7. The van der Waals surface area contributed by atoms with Crippen LogP contribution in [0.4, 0.5) is 24.7 Å². The average Bonchev–Trinajstić information content (AvgIpc) is 3.14. The molecule has 0 bridgehead atoms. The number of nitrogens with one attached hydrogen (secondary N) is 2. The molecule has 1 aliphatic heterocycles. The summed E-state index contributed by atoms with van der Waals surface area (Å²) in [4.78, 5) is 25.0. The lowest BCUT2D eigenvalue weighted by molar-refractivity contribution is -0.125. The van der Waals surface area contributed by atoms with Gasteiger partial charge in [0.05, 0.1) is 19.7 Å². The molecule has 1 atom stereocenters. The van der Waals surface area contributed by atoms with Crippen LogP contribution in [0, 0.1) is 17.5 Å². The van der Waals surface area contributed by atoms with Crippen LogP contribution in [0.15, 0.2) is 42.6 Å². The lowest BCUT2D eigenvalue weighted by Gasteiger charge is -2.24. The number of methoxy groups -OCH3 is 1. The Balaban J connectivity index is 1.68. The summed E-state index contributed by atoms with van der Waals surface area (Å²) in [6, 6.07) is 7.33. The van der Waals surface area contributed by atoms with Crippen LogP contribution in [-0.4, -0.2) is 28.7 Å². The Hall–Kier alpha value is -3.82. The molecular formula is C20H15F3N4O3. The van der Waals surface area contributed by atoms with Crippen molar-refractivity contribution in [1.82, 2.24) is 9.78 Å². The van der Waals surface area contributed by atoms with Gasteiger partial charge in [-0.3, -0.25) is 9.59 Å². The first kappa shape index (κ1) is 19.5. The lowest BCUT2D eigenvalue weighted by Crippen LogP contribution is -2.35. The highest BCUT2D eigenvalue weighted by Crippen LogP contribution is 2.38. The average molecular weight is 416 g/mol. The molecule has 2 heterocycles. The van der Waals surface area contributed by atoms with E-state index >= 15 is 0 Å². The number of amides is 2. The molecule has 0 spiro atoms. The fourth-order valence-electron chi connectivity index (χ4n) is 3.29. The number of anilines is 2. The van der Waals surface area contributed by atoms with Crippen molar-refractivity contribution in [2.45, 2.75) is 12.5 Å². The van der Waals surface area contributed by atoms with Crippen LogP contribution in [0.3, 0.4) is 0 Å². The van der Waals surface area contributed by atoms with Gasteiger partial charge in [-0.25, -0.2) is 17.9 Å². The summed E-state index contributed by atoms with van der Waals surface area (Å²) in [5.74, 6) is -4.85. The van der Waals surface area contributed by atoms with E-state index in [0.717, 1.165) is 0 Å². The van der Waals surface area contributed by atoms with Crippen molar-refractivity contribution in [3.63, 3.8) is 0 Å². The number of fused-ring (bicyclic) bond motifs is 1. The number of carbonyl (C=O) groups is 2. The zero-order valence-corrected chi connectivity index (χ0v) is 15.6. The molecule has 3 aromatic rings. The molecule has 0 fully saturated rings. The summed E-state index contributed by atoms with van der Waals surface area (Å²) >= 11 is 0. The number of para-hydroxylation sites is 1. The molecular weight excluding hydrogens is 401 g/mol. The van der Waals surface area contributed by atoms with Gasteiger partial charge in [-0.05, 0) is 6.07 Å². The minimum atomic E-state index is -1.64. The Kier molecular flexibility index (Phi) is 4.90. The highest BCUT2D eigenvalue weighted by Gasteiger charge is 2.34. The Bertz CT molecular complexity index is 1140. The largest absolute Gasteiger partial charge is 0.496 e. The minimum absolute atomic E-state index is 0.238. The van der Waals surface area contributed by atoms with E-state index in [4.69, 9.17) is 4.74 Å². The van der Waals surface area contributed by atoms with Crippen LogP contribution in [0.1, 0.15) is 12.5 Å². The van der Waals surface area contributed by atoms with Crippen LogP contribution in [0.5, 0.6) is 5.75 Å². The number of hydrogen-bond donors (Lipinski definition) is 2. The van der Waals surface area contributed by atoms with Crippen LogP contribution >= 0.6 is 0 Å². The second-order valence-corrected chi connectivity index (χ2v) is 6.56. The molecule has 10 heteroatoms. The molecule has 30 heavy (non-hydrogen) atoms. The van der Waals surface area contributed by atoms with E-state index in [2.05, 4.69) is 15.7 Å². The van der Waals surface area contributed by atoms with E-state index in [9.17, 15) is 22.8 Å². The van der Waals surface area contributed by atoms with E-state index in [-0.39, 0.29) is 17.9 Å². The smallest absolute Gasteiger partial charge is 0.249 e. The number of hydrogen-bond acceptors (Lipinski definition) is 4. The van der Waals surface area contributed by atoms with Gasteiger partial charge in [-0.1, -0.05) is 18.2 Å². The van der Waals surface area contributed by atoms with Crippen LogP contribution in [0.25, 0.3) is 11.1 Å². The lowest BCUT2D eigenvalue weighted by atomic mass is 10.1. The first-order chi connectivity index (χ1) is 14.4. The molecule has 1 aliphatic rings. The highest BCUT2D eigenvalue weighted by atomic mass is 19.2. The van der Waals surface area contributed by atoms with Gasteiger partial charge in [0.2, 0.25) is 11.8 Å². The summed E-state index contributed by atoms with van der Waals surface area (Å²) in [6.07, 6.45) is 1.24. The van der Waals surface area contributed by atoms with E-state index < -0.39 is 35.3 Å². The normalized spacial score (nSPS) is 15.3. The van der Waals surface area contributed by atoms with Crippen molar-refractivity contribution in [1.29, 1.82) is 0 Å². The second kappa shape index (κ2) is 7.54. The van der Waals surface area contributed by atoms with E-state index in [1.165, 1.54) is 18.0 Å². The number of ether oxygens (including phenoxy) is 1. The highest BCUT2D eigenvalue weighted by molar-refractivity contribution is 6.03. The van der Waals surface area contributed by atoms with Crippen molar-refractivity contribution in [2.24, 2.45) is 0 Å². The third kappa shape index (κ3) is 3.36. The van der Waals surface area contributed by atoms with Crippen LogP contribution in [0.2, 0.25) is 0 Å². The van der Waals surface area contributed by atoms with Crippen LogP contribution in [-0.2, 0) is 9.59 Å². The number of benzene rings is 2. The van der Waals surface area contributed by atoms with Gasteiger partial charge in [0, 0.05) is 28.9 Å². The Morgan fingerprint density at radius 2 is 1.90 bits per heavy atom. The topological polar surface area (TPSA) is 85.2 Å². The summed E-state index contributed by atoms with van der Waals surface area (Å²) in [6.45, 7) is 0. The van der Waals surface area contributed by atoms with Gasteiger partial charge >= 0.3 is 0 Å². The van der Waals surface area contributed by atoms with Crippen molar-refractivity contribution in [3.8, 4) is 16.9 Å². The second-order valence-electron chi connectivity index (χ2n) is 6.56. The predicted octanol–water partition coefficient (Wildman–Crippen LogP) is 3.50. The van der Waals surface area contributed by atoms with Gasteiger partial charge in [-0.2, -0.15) is 5.10 Å². The fraction of sp³-hybridized carbons (Fsp3) is 0.150. The van der Waals surface area contributed by atoms with E-state index in [1.54, 1.807) is 24.3 Å². The Morgan fingerprint density at radius 1 is 1.20 bits per heavy atom. The van der Waals surface area contributed by atoms with Crippen molar-refractivity contribution >= 4 is 23.3 Å². The number of carbonyl (C=O) groups excluding carboxylic acids is 2. The number of nitrogens with zero attached hydrogens (tertiary/aromatic N) is 2. The molecule has 154 valence electrons. The monoisotopic (exact) mass is 416 g/mol. The number of rotatable bonds is 4. The maximum Gasteiger partial charge on any atom is 0.249 e. The van der Waals surface area contributed by atoms with Crippen LogP contribution < -0.4 is 15.4 Å². The Labute approximate surface area is 168 Å². The van der Waals surface area contributed by atoms with Gasteiger partial charge in [-0.15, -0.1) is 0 Å². The molecule has 0 radical (unpaired) electrons. The predicted molar refractivity (Wildman–Crippen MR) is 101 cm³/mol. The van der Waals surface area contributed by atoms with Gasteiger partial charge in [0.15, 0.2) is 17.5 Å². The molecule has 2 amide bonds. The molecule has 1 aromatic heterocycles. The number of aromatic nitrogens is 2. The molecule has 0 aliphatic carbocycles. The zero-order chi connectivity index (χ0) is 21.4. The molecule has 1 unspecified atom stereocenters. The van der Waals surface area contributed by atoms with Gasteiger partial charge in [0.1, 0.15) is 17.6 Å². The molecule has 0 saturated heterocycles. The molecule has 7 nitrogen and oxygen atoms in total. The van der Waals surface area contributed by atoms with E-state index in [1.807, 2.05) is 0 Å². The molecule has 4 rings (SSSR count). The SMILES string of the molecule is COc1ccccc1-c1cnn2c1NC(=O)CC2C(=O)Nc1cc(F)c(F)c(F)c1. The Morgan fingerprint density at radius 3 is 2.60 bits per heavy atom.